The number of hydrogen-bond acceptors (Lipinski definition) is 5. The number of hydrogen-bond donors (Lipinski definition) is 2. The van der Waals surface area contributed by atoms with E-state index in [1.807, 2.05) is 43.3 Å². The lowest BCUT2D eigenvalue weighted by atomic mass is 9.86. The fourth-order valence-corrected chi connectivity index (χ4v) is 4.70. The van der Waals surface area contributed by atoms with Crippen molar-refractivity contribution in [3.05, 3.63) is 83.4 Å². The number of benzene rings is 3. The minimum atomic E-state index is -0.390. The zero-order chi connectivity index (χ0) is 23.7. The van der Waals surface area contributed by atoms with E-state index in [2.05, 4.69) is 4.90 Å². The zero-order valence-electron chi connectivity index (χ0n) is 19.1. The first-order valence-electron chi connectivity index (χ1n) is 11.6. The largest absolute Gasteiger partial charge is 0.508 e. The van der Waals surface area contributed by atoms with Gasteiger partial charge in [0.05, 0.1) is 0 Å². The predicted molar refractivity (Wildman–Crippen MR) is 130 cm³/mol. The summed E-state index contributed by atoms with van der Waals surface area (Å²) in [4.78, 5) is 2.11. The molecule has 0 bridgehead atoms. The molecule has 0 saturated carbocycles. The van der Waals surface area contributed by atoms with Crippen molar-refractivity contribution < 1.29 is 24.1 Å². The molecule has 0 amide bonds. The minimum absolute atomic E-state index is 0.0464. The van der Waals surface area contributed by atoms with Gasteiger partial charge in [0.25, 0.3) is 0 Å². The Bertz CT molecular complexity index is 1210. The number of allylic oxidation sites excluding steroid dienone is 1. The number of likely N-dealkylation sites (tertiary alicyclic amines) is 1. The van der Waals surface area contributed by atoms with Gasteiger partial charge in [0.2, 0.25) is 0 Å². The van der Waals surface area contributed by atoms with Crippen LogP contribution in [0, 0.1) is 0 Å². The average molecular weight is 462 g/mol. The van der Waals surface area contributed by atoms with E-state index in [1.165, 1.54) is 0 Å². The summed E-state index contributed by atoms with van der Waals surface area (Å²) >= 11 is 0. The molecule has 2 aliphatic rings. The van der Waals surface area contributed by atoms with Crippen LogP contribution in [0.2, 0.25) is 0 Å². The maximum atomic E-state index is 12.9. The Morgan fingerprint density at radius 1 is 1.03 bits per heavy atom. The second-order valence-corrected chi connectivity index (χ2v) is 8.82. The summed E-state index contributed by atoms with van der Waals surface area (Å²) in [6, 6.07) is 20.1. The number of halogens is 1. The van der Waals surface area contributed by atoms with Crippen molar-refractivity contribution in [1.29, 1.82) is 0 Å². The third-order valence-corrected chi connectivity index (χ3v) is 6.71. The minimum Gasteiger partial charge on any atom is -0.508 e. The monoisotopic (exact) mass is 461 g/mol. The number of alkyl halides is 1. The van der Waals surface area contributed by atoms with Crippen molar-refractivity contribution in [3.63, 3.8) is 0 Å². The molecule has 5 nitrogen and oxygen atoms in total. The van der Waals surface area contributed by atoms with E-state index in [1.54, 1.807) is 30.3 Å². The molecule has 2 atom stereocenters. The van der Waals surface area contributed by atoms with E-state index >= 15 is 0 Å². The predicted octanol–water partition coefficient (Wildman–Crippen LogP) is 5.58. The maximum absolute atomic E-state index is 12.9. The molecule has 0 spiro atoms. The summed E-state index contributed by atoms with van der Waals surface area (Å²) in [7, 11) is 0. The van der Waals surface area contributed by atoms with Crippen molar-refractivity contribution in [2.45, 2.75) is 25.5 Å². The summed E-state index contributed by atoms with van der Waals surface area (Å²) < 4.78 is 25.2. The number of phenolic OH excluding ortho intramolecular Hbond substituents is 2. The number of rotatable bonds is 7. The fraction of sp³-hybridized carbons (Fsp3) is 0.286. The molecule has 0 aromatic heterocycles. The van der Waals surface area contributed by atoms with Gasteiger partial charge in [0, 0.05) is 30.3 Å². The summed E-state index contributed by atoms with van der Waals surface area (Å²) in [6.45, 7) is 3.87. The van der Waals surface area contributed by atoms with E-state index in [9.17, 15) is 14.6 Å². The first-order chi connectivity index (χ1) is 16.5. The number of fused-ring (bicyclic) bond motifs is 1. The Labute approximate surface area is 198 Å². The second kappa shape index (κ2) is 9.39. The molecule has 1 fully saturated rings. The number of ether oxygens (including phenoxy) is 2. The smallest absolute Gasteiger partial charge is 0.150 e. The molecule has 176 valence electrons. The lowest BCUT2D eigenvalue weighted by molar-refractivity contribution is 0.0557. The normalized spacial score (nSPS) is 19.8. The van der Waals surface area contributed by atoms with Crippen LogP contribution >= 0.6 is 0 Å². The second-order valence-electron chi connectivity index (χ2n) is 8.82. The van der Waals surface area contributed by atoms with Crippen LogP contribution in [0.4, 0.5) is 4.39 Å². The summed E-state index contributed by atoms with van der Waals surface area (Å²) in [5, 5.41) is 20.1. The third-order valence-electron chi connectivity index (χ3n) is 6.71. The van der Waals surface area contributed by atoms with Crippen LogP contribution in [0.15, 0.2) is 66.7 Å². The molecule has 3 aromatic rings. The van der Waals surface area contributed by atoms with E-state index in [0.717, 1.165) is 53.1 Å². The van der Waals surface area contributed by atoms with Crippen molar-refractivity contribution in [2.24, 2.45) is 0 Å². The van der Waals surface area contributed by atoms with Gasteiger partial charge >= 0.3 is 0 Å². The first-order valence-corrected chi connectivity index (χ1v) is 11.6. The maximum Gasteiger partial charge on any atom is 0.150 e. The number of nitrogens with zero attached hydrogens (tertiary/aromatic N) is 1. The first kappa shape index (κ1) is 22.3. The molecule has 34 heavy (non-hydrogen) atoms. The van der Waals surface area contributed by atoms with E-state index < -0.39 is 0 Å². The molecule has 2 N–H and O–H groups in total. The standard InChI is InChI=1S/C28H28FNO4/c1-18-25-16-23(32)7-10-26(25)34-28(27(18)20-3-2-4-22(31)15-20)19-5-8-24(9-6-19)33-14-13-30-12-11-21(30)17-29/h2-10,15-16,21,28,31-32H,11-14,17H2,1H3/t21-,28?/m0/s1. The quantitative estimate of drug-likeness (QED) is 0.481. The molecule has 3 aromatic carbocycles. The van der Waals surface area contributed by atoms with Gasteiger partial charge in [-0.3, -0.25) is 4.90 Å². The van der Waals surface area contributed by atoms with Gasteiger partial charge in [0.1, 0.15) is 42.4 Å². The molecule has 1 saturated heterocycles. The summed E-state index contributed by atoms with van der Waals surface area (Å²) in [6.07, 6.45) is 0.531. The van der Waals surface area contributed by atoms with Crippen molar-refractivity contribution >= 4 is 11.1 Å². The lowest BCUT2D eigenvalue weighted by Crippen LogP contribution is -2.50. The van der Waals surface area contributed by atoms with Gasteiger partial charge in [-0.15, -0.1) is 0 Å². The van der Waals surface area contributed by atoms with E-state index in [-0.39, 0.29) is 30.3 Å². The molecule has 1 unspecified atom stereocenters. The fourth-order valence-electron chi connectivity index (χ4n) is 4.70. The average Bonchev–Trinajstić information content (AvgIpc) is 2.82. The van der Waals surface area contributed by atoms with Gasteiger partial charge in [-0.2, -0.15) is 0 Å². The van der Waals surface area contributed by atoms with Crippen LogP contribution < -0.4 is 9.47 Å². The molecule has 0 radical (unpaired) electrons. The van der Waals surface area contributed by atoms with Crippen LogP contribution in [0.5, 0.6) is 23.0 Å². The molecule has 2 aliphatic heterocycles. The van der Waals surface area contributed by atoms with Gasteiger partial charge in [-0.25, -0.2) is 4.39 Å². The van der Waals surface area contributed by atoms with Crippen LogP contribution in [-0.2, 0) is 0 Å². The van der Waals surface area contributed by atoms with Crippen LogP contribution in [0.3, 0.4) is 0 Å². The van der Waals surface area contributed by atoms with Crippen molar-refractivity contribution in [1.82, 2.24) is 4.90 Å². The molecule has 2 heterocycles. The van der Waals surface area contributed by atoms with Crippen LogP contribution in [-0.4, -0.2) is 47.5 Å². The Kier molecular flexibility index (Phi) is 6.16. The Hall–Kier alpha value is -3.51. The van der Waals surface area contributed by atoms with Crippen molar-refractivity contribution in [3.8, 4) is 23.0 Å². The molecule has 0 aliphatic carbocycles. The Balaban J connectivity index is 1.40. The van der Waals surface area contributed by atoms with Crippen molar-refractivity contribution in [2.75, 3.05) is 26.4 Å². The van der Waals surface area contributed by atoms with Crippen LogP contribution in [0.1, 0.15) is 36.1 Å². The topological polar surface area (TPSA) is 62.2 Å². The van der Waals surface area contributed by atoms with Gasteiger partial charge < -0.3 is 19.7 Å². The molecular weight excluding hydrogens is 433 g/mol. The van der Waals surface area contributed by atoms with Gasteiger partial charge in [-0.1, -0.05) is 24.3 Å². The lowest BCUT2D eigenvalue weighted by Gasteiger charge is -2.39. The summed E-state index contributed by atoms with van der Waals surface area (Å²) in [5.41, 5.74) is 4.53. The Morgan fingerprint density at radius 2 is 1.82 bits per heavy atom. The highest BCUT2D eigenvalue weighted by atomic mass is 19.1. The highest BCUT2D eigenvalue weighted by Gasteiger charge is 2.30. The van der Waals surface area contributed by atoms with E-state index in [0.29, 0.717) is 12.4 Å². The highest BCUT2D eigenvalue weighted by molar-refractivity contribution is 5.95. The zero-order valence-corrected chi connectivity index (χ0v) is 19.1. The van der Waals surface area contributed by atoms with E-state index in [4.69, 9.17) is 9.47 Å². The molecule has 6 heteroatoms. The Morgan fingerprint density at radius 3 is 2.53 bits per heavy atom. The van der Waals surface area contributed by atoms with Gasteiger partial charge in [0.15, 0.2) is 0 Å². The van der Waals surface area contributed by atoms with Gasteiger partial charge in [-0.05, 0) is 72.5 Å². The third kappa shape index (κ3) is 4.33. The number of aromatic hydroxyl groups is 2. The SMILES string of the molecule is CC1=C(c2cccc(O)c2)C(c2ccc(OCCN3CC[C@H]3CF)cc2)Oc2ccc(O)cc21. The van der Waals surface area contributed by atoms with Crippen LogP contribution in [0.25, 0.3) is 11.1 Å². The molecular formula is C28H28FNO4. The number of phenols is 2. The summed E-state index contributed by atoms with van der Waals surface area (Å²) in [5.74, 6) is 1.80. The molecule has 5 rings (SSSR count). The highest BCUT2D eigenvalue weighted by Crippen LogP contribution is 2.47.